The summed E-state index contributed by atoms with van der Waals surface area (Å²) in [4.78, 5) is 13.2. The largest absolute Gasteiger partial charge is 0.383 e. The quantitative estimate of drug-likeness (QED) is 0.874. The summed E-state index contributed by atoms with van der Waals surface area (Å²) in [6, 6.07) is 0.556. The van der Waals surface area contributed by atoms with Gasteiger partial charge in [0.25, 0.3) is 0 Å². The molecule has 0 aromatic carbocycles. The van der Waals surface area contributed by atoms with Crippen LogP contribution in [0, 0.1) is 6.92 Å². The zero-order valence-corrected chi connectivity index (χ0v) is 11.6. The van der Waals surface area contributed by atoms with Crippen molar-refractivity contribution in [3.05, 3.63) is 11.9 Å². The van der Waals surface area contributed by atoms with Crippen LogP contribution in [0.2, 0.25) is 0 Å². The molecule has 0 radical (unpaired) electrons. The molecule has 0 atom stereocenters. The predicted octanol–water partition coefficient (Wildman–Crippen LogP) is 1.29. The van der Waals surface area contributed by atoms with Crippen molar-refractivity contribution in [3.63, 3.8) is 0 Å². The van der Waals surface area contributed by atoms with E-state index < -0.39 is 0 Å². The summed E-state index contributed by atoms with van der Waals surface area (Å²) in [5, 5.41) is 0. The van der Waals surface area contributed by atoms with Crippen LogP contribution in [-0.2, 0) is 0 Å². The van der Waals surface area contributed by atoms with Gasteiger partial charge in [-0.25, -0.2) is 9.97 Å². The molecule has 0 unspecified atom stereocenters. The number of nitrogens with zero attached hydrogens (tertiary/aromatic N) is 4. The number of likely N-dealkylation sites (tertiary alicyclic amines) is 1. The molecule has 1 aliphatic rings. The van der Waals surface area contributed by atoms with E-state index in [1.807, 2.05) is 6.92 Å². The van der Waals surface area contributed by atoms with Crippen LogP contribution >= 0.6 is 0 Å². The molecule has 0 aliphatic carbocycles. The highest BCUT2D eigenvalue weighted by Crippen LogP contribution is 2.24. The van der Waals surface area contributed by atoms with Gasteiger partial charge < -0.3 is 15.5 Å². The van der Waals surface area contributed by atoms with E-state index in [0.29, 0.717) is 11.9 Å². The highest BCUT2D eigenvalue weighted by atomic mass is 15.2. The summed E-state index contributed by atoms with van der Waals surface area (Å²) in [7, 11) is 2.11. The van der Waals surface area contributed by atoms with Crippen LogP contribution < -0.4 is 10.6 Å². The molecule has 1 fully saturated rings. The summed E-state index contributed by atoms with van der Waals surface area (Å²) in [6.45, 7) is 7.70. The third kappa shape index (κ3) is 2.56. The molecular weight excluding hydrogens is 226 g/mol. The summed E-state index contributed by atoms with van der Waals surface area (Å²) in [5.41, 5.74) is 6.83. The second kappa shape index (κ2) is 5.52. The maximum atomic E-state index is 5.85. The number of anilines is 2. The first-order chi connectivity index (χ1) is 8.63. The third-order valence-electron chi connectivity index (χ3n) is 3.98. The van der Waals surface area contributed by atoms with E-state index in [1.165, 1.54) is 25.9 Å². The maximum absolute atomic E-state index is 5.85. The fraction of sp³-hybridized carbons (Fsp3) is 0.692. The molecule has 1 aromatic rings. The molecule has 1 aromatic heterocycles. The van der Waals surface area contributed by atoms with Gasteiger partial charge in [-0.2, -0.15) is 0 Å². The Morgan fingerprint density at radius 1 is 1.39 bits per heavy atom. The summed E-state index contributed by atoms with van der Waals surface area (Å²) in [5.74, 6) is 1.55. The Hall–Kier alpha value is -1.36. The topological polar surface area (TPSA) is 58.3 Å². The predicted molar refractivity (Wildman–Crippen MR) is 74.7 cm³/mol. The Morgan fingerprint density at radius 3 is 2.67 bits per heavy atom. The minimum Gasteiger partial charge on any atom is -0.383 e. The lowest BCUT2D eigenvalue weighted by Crippen LogP contribution is -2.43. The molecule has 5 heteroatoms. The summed E-state index contributed by atoms with van der Waals surface area (Å²) >= 11 is 0. The molecule has 0 saturated carbocycles. The van der Waals surface area contributed by atoms with Gasteiger partial charge >= 0.3 is 0 Å². The van der Waals surface area contributed by atoms with Crippen LogP contribution in [0.25, 0.3) is 0 Å². The number of hydrogen-bond donors (Lipinski definition) is 1. The number of rotatable bonds is 3. The summed E-state index contributed by atoms with van der Waals surface area (Å²) in [6.07, 6.45) is 3.93. The second-order valence-electron chi connectivity index (χ2n) is 4.98. The molecule has 0 spiro atoms. The fourth-order valence-electron chi connectivity index (χ4n) is 2.61. The van der Waals surface area contributed by atoms with Gasteiger partial charge in [0, 0.05) is 31.7 Å². The number of nitrogen functional groups attached to an aromatic ring is 1. The summed E-state index contributed by atoms with van der Waals surface area (Å²) < 4.78 is 0. The van der Waals surface area contributed by atoms with Crippen LogP contribution in [0.5, 0.6) is 0 Å². The van der Waals surface area contributed by atoms with Gasteiger partial charge in [0.1, 0.15) is 18.0 Å². The van der Waals surface area contributed by atoms with Gasteiger partial charge in [0.05, 0.1) is 0 Å². The van der Waals surface area contributed by atoms with Crippen LogP contribution in [0.4, 0.5) is 11.6 Å². The molecule has 2 heterocycles. The Morgan fingerprint density at radius 2 is 2.06 bits per heavy atom. The first-order valence-electron chi connectivity index (χ1n) is 6.65. The second-order valence-corrected chi connectivity index (χ2v) is 4.98. The van der Waals surface area contributed by atoms with Crippen molar-refractivity contribution < 1.29 is 0 Å². The molecule has 1 aliphatic heterocycles. The highest BCUT2D eigenvalue weighted by molar-refractivity contribution is 5.55. The van der Waals surface area contributed by atoms with Crippen molar-refractivity contribution in [1.29, 1.82) is 0 Å². The monoisotopic (exact) mass is 249 g/mol. The standard InChI is InChI=1S/C13H23N5/c1-4-18-7-5-11(6-8-18)17(3)13-10(2)12(14)15-9-16-13/h9,11H,4-8H2,1-3H3,(H2,14,15,16). The molecule has 0 amide bonds. The number of piperidine rings is 1. The van der Waals surface area contributed by atoms with E-state index in [2.05, 4.69) is 33.7 Å². The molecule has 2 N–H and O–H groups in total. The van der Waals surface area contributed by atoms with Crippen LogP contribution in [0.15, 0.2) is 6.33 Å². The molecule has 100 valence electrons. The lowest BCUT2D eigenvalue weighted by molar-refractivity contribution is 0.220. The Bertz CT molecular complexity index is 398. The van der Waals surface area contributed by atoms with Crippen LogP contribution in [-0.4, -0.2) is 47.6 Å². The fourth-order valence-corrected chi connectivity index (χ4v) is 2.61. The molecule has 0 bridgehead atoms. The average molecular weight is 249 g/mol. The first kappa shape index (κ1) is 13.1. The third-order valence-corrected chi connectivity index (χ3v) is 3.98. The van der Waals surface area contributed by atoms with Gasteiger partial charge in [-0.15, -0.1) is 0 Å². The van der Waals surface area contributed by atoms with Crippen LogP contribution in [0.3, 0.4) is 0 Å². The van der Waals surface area contributed by atoms with E-state index in [4.69, 9.17) is 5.73 Å². The highest BCUT2D eigenvalue weighted by Gasteiger charge is 2.23. The number of aromatic nitrogens is 2. The Kier molecular flexibility index (Phi) is 4.01. The Balaban J connectivity index is 2.08. The lowest BCUT2D eigenvalue weighted by atomic mass is 10.0. The van der Waals surface area contributed by atoms with Gasteiger partial charge in [-0.1, -0.05) is 6.92 Å². The molecule has 18 heavy (non-hydrogen) atoms. The SMILES string of the molecule is CCN1CCC(N(C)c2ncnc(N)c2C)CC1. The minimum absolute atomic E-state index is 0.556. The number of hydrogen-bond acceptors (Lipinski definition) is 5. The van der Waals surface area contributed by atoms with Crippen molar-refractivity contribution in [1.82, 2.24) is 14.9 Å². The van der Waals surface area contributed by atoms with E-state index >= 15 is 0 Å². The normalized spacial score (nSPS) is 17.9. The smallest absolute Gasteiger partial charge is 0.137 e. The Labute approximate surface area is 109 Å². The molecular formula is C13H23N5. The lowest BCUT2D eigenvalue weighted by Gasteiger charge is -2.37. The molecule has 1 saturated heterocycles. The van der Waals surface area contributed by atoms with Crippen LogP contribution in [0.1, 0.15) is 25.3 Å². The van der Waals surface area contributed by atoms with Crippen molar-refractivity contribution in [2.75, 3.05) is 37.3 Å². The van der Waals surface area contributed by atoms with Crippen molar-refractivity contribution in [2.24, 2.45) is 0 Å². The number of nitrogens with two attached hydrogens (primary N) is 1. The minimum atomic E-state index is 0.556. The van der Waals surface area contributed by atoms with Crippen molar-refractivity contribution >= 4 is 11.6 Å². The van der Waals surface area contributed by atoms with E-state index in [0.717, 1.165) is 17.9 Å². The van der Waals surface area contributed by atoms with Crippen molar-refractivity contribution in [2.45, 2.75) is 32.7 Å². The zero-order valence-electron chi connectivity index (χ0n) is 11.6. The van der Waals surface area contributed by atoms with Gasteiger partial charge in [-0.3, -0.25) is 0 Å². The molecule has 5 nitrogen and oxygen atoms in total. The average Bonchev–Trinajstić information content (AvgIpc) is 2.41. The van der Waals surface area contributed by atoms with E-state index in [9.17, 15) is 0 Å². The molecule has 2 rings (SSSR count). The zero-order chi connectivity index (χ0) is 13.1. The van der Waals surface area contributed by atoms with Gasteiger partial charge in [0.2, 0.25) is 0 Å². The van der Waals surface area contributed by atoms with Gasteiger partial charge in [-0.05, 0) is 26.3 Å². The van der Waals surface area contributed by atoms with Crippen molar-refractivity contribution in [3.8, 4) is 0 Å². The van der Waals surface area contributed by atoms with E-state index in [-0.39, 0.29) is 0 Å². The maximum Gasteiger partial charge on any atom is 0.137 e. The van der Waals surface area contributed by atoms with Gasteiger partial charge in [0.15, 0.2) is 0 Å². The van der Waals surface area contributed by atoms with E-state index in [1.54, 1.807) is 6.33 Å². The first-order valence-corrected chi connectivity index (χ1v) is 6.65.